The lowest BCUT2D eigenvalue weighted by molar-refractivity contribution is 0.395. The van der Waals surface area contributed by atoms with Gasteiger partial charge in [-0.15, -0.1) is 5.10 Å². The Kier molecular flexibility index (Phi) is 4.13. The van der Waals surface area contributed by atoms with Gasteiger partial charge >= 0.3 is 0 Å². The van der Waals surface area contributed by atoms with E-state index in [0.29, 0.717) is 23.1 Å². The predicted octanol–water partition coefficient (Wildman–Crippen LogP) is 3.87. The Morgan fingerprint density at radius 1 is 1.03 bits per heavy atom. The number of benzene rings is 2. The first-order valence-electron chi connectivity index (χ1n) is 9.25. The molecule has 0 aliphatic heterocycles. The molecule has 0 atom stereocenters. The Labute approximate surface area is 167 Å². The van der Waals surface area contributed by atoms with Crippen LogP contribution in [0.5, 0.6) is 11.5 Å². The smallest absolute Gasteiger partial charge is 0.247 e. The van der Waals surface area contributed by atoms with Crippen LogP contribution < -0.4 is 14.8 Å². The molecule has 5 rings (SSSR count). The highest BCUT2D eigenvalue weighted by molar-refractivity contribution is 5.88. The summed E-state index contributed by atoms with van der Waals surface area (Å²) in [5.41, 5.74) is 5.88. The van der Waals surface area contributed by atoms with E-state index in [4.69, 9.17) is 14.5 Å². The Balaban J connectivity index is 1.54. The van der Waals surface area contributed by atoms with Crippen molar-refractivity contribution >= 4 is 22.9 Å². The molecular weight excluding hydrogens is 366 g/mol. The zero-order valence-electron chi connectivity index (χ0n) is 16.1. The van der Waals surface area contributed by atoms with Crippen molar-refractivity contribution in [1.82, 2.24) is 19.6 Å². The van der Waals surface area contributed by atoms with Crippen molar-refractivity contribution in [3.8, 4) is 11.5 Å². The number of fused-ring (bicyclic) bond motifs is 2. The van der Waals surface area contributed by atoms with Gasteiger partial charge in [0.2, 0.25) is 5.95 Å². The SMILES string of the molecule is COc1cc(Nc2nc3c(C4=CCc5ccccc54)nccn3n2)cc(OC)c1. The van der Waals surface area contributed by atoms with Crippen molar-refractivity contribution in [3.63, 3.8) is 0 Å². The summed E-state index contributed by atoms with van der Waals surface area (Å²) in [4.78, 5) is 9.30. The molecule has 1 aliphatic carbocycles. The summed E-state index contributed by atoms with van der Waals surface area (Å²) in [6.45, 7) is 0. The molecule has 1 N–H and O–H groups in total. The Hall–Kier alpha value is -3.87. The van der Waals surface area contributed by atoms with Crippen LogP contribution in [0.4, 0.5) is 11.6 Å². The average molecular weight is 385 g/mol. The van der Waals surface area contributed by atoms with Crippen LogP contribution >= 0.6 is 0 Å². The summed E-state index contributed by atoms with van der Waals surface area (Å²) >= 11 is 0. The normalized spacial score (nSPS) is 12.6. The molecule has 2 aromatic heterocycles. The second-order valence-corrected chi connectivity index (χ2v) is 6.68. The molecule has 2 aromatic carbocycles. The number of anilines is 2. The van der Waals surface area contributed by atoms with Gasteiger partial charge in [0.15, 0.2) is 5.65 Å². The predicted molar refractivity (Wildman–Crippen MR) is 111 cm³/mol. The lowest BCUT2D eigenvalue weighted by atomic mass is 10.0. The minimum atomic E-state index is 0.474. The largest absolute Gasteiger partial charge is 0.497 e. The van der Waals surface area contributed by atoms with Gasteiger partial charge in [0.25, 0.3) is 0 Å². The van der Waals surface area contributed by atoms with E-state index >= 15 is 0 Å². The van der Waals surface area contributed by atoms with Crippen LogP contribution in [0.25, 0.3) is 11.2 Å². The monoisotopic (exact) mass is 385 g/mol. The first kappa shape index (κ1) is 17.2. The fourth-order valence-electron chi connectivity index (χ4n) is 3.58. The van der Waals surface area contributed by atoms with E-state index in [2.05, 4.69) is 39.7 Å². The third-order valence-corrected chi connectivity index (χ3v) is 4.95. The highest BCUT2D eigenvalue weighted by atomic mass is 16.5. The molecule has 0 radical (unpaired) electrons. The molecule has 29 heavy (non-hydrogen) atoms. The highest BCUT2D eigenvalue weighted by Gasteiger charge is 2.20. The van der Waals surface area contributed by atoms with Gasteiger partial charge in [-0.3, -0.25) is 4.98 Å². The maximum absolute atomic E-state index is 5.33. The topological polar surface area (TPSA) is 73.6 Å². The number of rotatable bonds is 5. The number of nitrogens with zero attached hydrogens (tertiary/aromatic N) is 4. The fraction of sp³-hybridized carbons (Fsp3) is 0.136. The van der Waals surface area contributed by atoms with Gasteiger partial charge in [0.1, 0.15) is 17.2 Å². The van der Waals surface area contributed by atoms with Crippen molar-refractivity contribution in [2.45, 2.75) is 6.42 Å². The van der Waals surface area contributed by atoms with E-state index in [1.807, 2.05) is 24.3 Å². The van der Waals surface area contributed by atoms with Crippen molar-refractivity contribution in [1.29, 1.82) is 0 Å². The Bertz CT molecular complexity index is 1220. The van der Waals surface area contributed by atoms with E-state index < -0.39 is 0 Å². The van der Waals surface area contributed by atoms with E-state index in [1.165, 1.54) is 11.1 Å². The van der Waals surface area contributed by atoms with Crippen LogP contribution in [0.15, 0.2) is 60.9 Å². The Morgan fingerprint density at radius 2 is 1.83 bits per heavy atom. The van der Waals surface area contributed by atoms with Crippen LogP contribution in [0, 0.1) is 0 Å². The fourth-order valence-corrected chi connectivity index (χ4v) is 3.58. The summed E-state index contributed by atoms with van der Waals surface area (Å²) in [5, 5.41) is 7.78. The number of nitrogens with one attached hydrogen (secondary N) is 1. The van der Waals surface area contributed by atoms with E-state index in [1.54, 1.807) is 31.1 Å². The third-order valence-electron chi connectivity index (χ3n) is 4.95. The Morgan fingerprint density at radius 3 is 2.62 bits per heavy atom. The van der Waals surface area contributed by atoms with Crippen molar-refractivity contribution in [3.05, 3.63) is 77.8 Å². The van der Waals surface area contributed by atoms with Gasteiger partial charge in [0.05, 0.1) is 14.2 Å². The van der Waals surface area contributed by atoms with E-state index in [0.717, 1.165) is 23.4 Å². The summed E-state index contributed by atoms with van der Waals surface area (Å²) in [7, 11) is 3.24. The van der Waals surface area contributed by atoms with Gasteiger partial charge in [-0.1, -0.05) is 30.3 Å². The van der Waals surface area contributed by atoms with Crippen LogP contribution in [-0.2, 0) is 6.42 Å². The molecule has 1 aliphatic rings. The quantitative estimate of drug-likeness (QED) is 0.562. The molecule has 144 valence electrons. The van der Waals surface area contributed by atoms with Crippen LogP contribution in [0.3, 0.4) is 0 Å². The molecule has 7 heteroatoms. The number of allylic oxidation sites excluding steroid dienone is 1. The lowest BCUT2D eigenvalue weighted by Gasteiger charge is -2.08. The standard InChI is InChI=1S/C22H19N5O2/c1-28-16-11-15(12-17(13-16)29-2)24-22-25-21-20(23-9-10-27(21)26-22)19-8-7-14-5-3-4-6-18(14)19/h3-6,8-13H,7H2,1-2H3,(H,24,26). The van der Waals surface area contributed by atoms with Crippen molar-refractivity contribution < 1.29 is 9.47 Å². The van der Waals surface area contributed by atoms with E-state index in [-0.39, 0.29) is 0 Å². The molecular formula is C22H19N5O2. The molecule has 4 aromatic rings. The summed E-state index contributed by atoms with van der Waals surface area (Å²) in [6.07, 6.45) is 6.64. The molecule has 0 spiro atoms. The number of ether oxygens (including phenoxy) is 2. The minimum Gasteiger partial charge on any atom is -0.497 e. The van der Waals surface area contributed by atoms with Crippen molar-refractivity contribution in [2.24, 2.45) is 0 Å². The highest BCUT2D eigenvalue weighted by Crippen LogP contribution is 2.33. The van der Waals surface area contributed by atoms with Crippen LogP contribution in [0.2, 0.25) is 0 Å². The molecule has 0 amide bonds. The minimum absolute atomic E-state index is 0.474. The zero-order valence-corrected chi connectivity index (χ0v) is 16.1. The molecule has 0 unspecified atom stereocenters. The molecule has 0 bridgehead atoms. The van der Waals surface area contributed by atoms with Crippen molar-refractivity contribution in [2.75, 3.05) is 19.5 Å². The van der Waals surface area contributed by atoms with Gasteiger partial charge in [0, 0.05) is 41.9 Å². The lowest BCUT2D eigenvalue weighted by Crippen LogP contribution is -1.97. The second-order valence-electron chi connectivity index (χ2n) is 6.68. The first-order valence-corrected chi connectivity index (χ1v) is 9.25. The number of methoxy groups -OCH3 is 2. The van der Waals surface area contributed by atoms with Gasteiger partial charge < -0.3 is 14.8 Å². The van der Waals surface area contributed by atoms with Crippen LogP contribution in [0.1, 0.15) is 16.8 Å². The first-order chi connectivity index (χ1) is 14.2. The zero-order chi connectivity index (χ0) is 19.8. The summed E-state index contributed by atoms with van der Waals surface area (Å²) in [6, 6.07) is 13.9. The number of hydrogen-bond acceptors (Lipinski definition) is 6. The average Bonchev–Trinajstić information content (AvgIpc) is 3.36. The number of aromatic nitrogens is 4. The van der Waals surface area contributed by atoms with E-state index in [9.17, 15) is 0 Å². The molecule has 0 saturated heterocycles. The van der Waals surface area contributed by atoms with Gasteiger partial charge in [-0.05, 0) is 17.5 Å². The van der Waals surface area contributed by atoms with Crippen LogP contribution in [-0.4, -0.2) is 33.8 Å². The van der Waals surface area contributed by atoms with Gasteiger partial charge in [-0.2, -0.15) is 4.98 Å². The van der Waals surface area contributed by atoms with Gasteiger partial charge in [-0.25, -0.2) is 4.52 Å². The molecule has 0 saturated carbocycles. The number of hydrogen-bond donors (Lipinski definition) is 1. The third kappa shape index (κ3) is 3.06. The molecule has 0 fully saturated rings. The maximum atomic E-state index is 5.33. The second kappa shape index (κ2) is 6.94. The maximum Gasteiger partial charge on any atom is 0.247 e. The molecule has 7 nitrogen and oxygen atoms in total. The molecule has 2 heterocycles. The summed E-state index contributed by atoms with van der Waals surface area (Å²) < 4.78 is 12.4. The summed E-state index contributed by atoms with van der Waals surface area (Å²) in [5.74, 6) is 1.85.